The van der Waals surface area contributed by atoms with E-state index < -0.39 is 26.6 Å². The zero-order valence-electron chi connectivity index (χ0n) is 9.97. The molecule has 0 radical (unpaired) electrons. The smallest absolute Gasteiger partial charge is 0.264 e. The predicted molar refractivity (Wildman–Crippen MR) is 65.1 cm³/mol. The fourth-order valence-electron chi connectivity index (χ4n) is 1.49. The second kappa shape index (κ2) is 4.96. The van der Waals surface area contributed by atoms with Crippen molar-refractivity contribution in [2.24, 2.45) is 0 Å². The quantitative estimate of drug-likeness (QED) is 0.935. The second-order valence-electron chi connectivity index (χ2n) is 3.76. The first-order valence-electron chi connectivity index (χ1n) is 5.42. The number of aryl methyl sites for hydroxylation is 1. The van der Waals surface area contributed by atoms with Crippen molar-refractivity contribution in [3.8, 4) is 0 Å². The van der Waals surface area contributed by atoms with E-state index in [1.165, 1.54) is 17.1 Å². The van der Waals surface area contributed by atoms with Gasteiger partial charge in [-0.25, -0.2) is 17.2 Å². The molecule has 0 saturated heterocycles. The fraction of sp³-hybridized carbons (Fsp3) is 0.182. The third-order valence-electron chi connectivity index (χ3n) is 2.39. The molecule has 0 aliphatic rings. The summed E-state index contributed by atoms with van der Waals surface area (Å²) in [7, 11) is -4.10. The molecule has 0 fully saturated rings. The number of hydrogen-bond acceptors (Lipinski definition) is 3. The van der Waals surface area contributed by atoms with Gasteiger partial charge in [0.2, 0.25) is 0 Å². The Labute approximate surface area is 108 Å². The molecule has 0 atom stereocenters. The first-order chi connectivity index (χ1) is 8.92. The van der Waals surface area contributed by atoms with Gasteiger partial charge >= 0.3 is 0 Å². The van der Waals surface area contributed by atoms with Gasteiger partial charge in [0.05, 0.1) is 11.9 Å². The van der Waals surface area contributed by atoms with Crippen molar-refractivity contribution in [1.82, 2.24) is 9.78 Å². The number of benzene rings is 1. The molecule has 102 valence electrons. The Bertz CT molecular complexity index is 698. The van der Waals surface area contributed by atoms with Crippen LogP contribution < -0.4 is 4.72 Å². The lowest BCUT2D eigenvalue weighted by Gasteiger charge is -2.06. The number of anilines is 1. The highest BCUT2D eigenvalue weighted by atomic mass is 32.2. The van der Waals surface area contributed by atoms with E-state index >= 15 is 0 Å². The molecule has 0 aliphatic carbocycles. The van der Waals surface area contributed by atoms with Crippen LogP contribution in [-0.2, 0) is 16.6 Å². The highest BCUT2D eigenvalue weighted by Crippen LogP contribution is 2.19. The standard InChI is InChI=1S/C11H11F2N3O2S/c1-2-16-7-9(6-14-16)15-19(17,18)11-4-3-8(12)5-10(11)13/h3-7,15H,2H2,1H3. The van der Waals surface area contributed by atoms with Gasteiger partial charge in [-0.1, -0.05) is 0 Å². The summed E-state index contributed by atoms with van der Waals surface area (Å²) < 4.78 is 53.7. The van der Waals surface area contributed by atoms with Crippen LogP contribution in [-0.4, -0.2) is 18.2 Å². The van der Waals surface area contributed by atoms with Gasteiger partial charge in [-0.2, -0.15) is 5.10 Å². The van der Waals surface area contributed by atoms with Crippen LogP contribution in [0.2, 0.25) is 0 Å². The number of sulfonamides is 1. The Balaban J connectivity index is 2.32. The number of halogens is 2. The Morgan fingerprint density at radius 1 is 1.37 bits per heavy atom. The summed E-state index contributed by atoms with van der Waals surface area (Å²) in [6.45, 7) is 2.41. The molecule has 0 aliphatic heterocycles. The molecule has 2 aromatic rings. The highest BCUT2D eigenvalue weighted by Gasteiger charge is 2.20. The Morgan fingerprint density at radius 2 is 2.11 bits per heavy atom. The van der Waals surface area contributed by atoms with Crippen LogP contribution in [0, 0.1) is 11.6 Å². The van der Waals surface area contributed by atoms with Crippen molar-refractivity contribution < 1.29 is 17.2 Å². The summed E-state index contributed by atoms with van der Waals surface area (Å²) in [4.78, 5) is -0.613. The first-order valence-corrected chi connectivity index (χ1v) is 6.91. The summed E-state index contributed by atoms with van der Waals surface area (Å²) in [6.07, 6.45) is 2.78. The predicted octanol–water partition coefficient (Wildman–Crippen LogP) is 1.98. The molecule has 8 heteroatoms. The number of nitrogens with zero attached hydrogens (tertiary/aromatic N) is 2. The number of hydrogen-bond donors (Lipinski definition) is 1. The lowest BCUT2D eigenvalue weighted by Crippen LogP contribution is -2.14. The minimum absolute atomic E-state index is 0.213. The van der Waals surface area contributed by atoms with Gasteiger partial charge in [-0.3, -0.25) is 9.40 Å². The zero-order valence-corrected chi connectivity index (χ0v) is 10.8. The zero-order chi connectivity index (χ0) is 14.0. The van der Waals surface area contributed by atoms with Gasteiger partial charge in [0, 0.05) is 18.8 Å². The average molecular weight is 287 g/mol. The third-order valence-corrected chi connectivity index (χ3v) is 3.81. The van der Waals surface area contributed by atoms with Gasteiger partial charge in [-0.05, 0) is 19.1 Å². The molecule has 0 unspecified atom stereocenters. The third kappa shape index (κ3) is 2.90. The van der Waals surface area contributed by atoms with Crippen molar-refractivity contribution in [2.45, 2.75) is 18.4 Å². The summed E-state index contributed by atoms with van der Waals surface area (Å²) in [5, 5.41) is 3.89. The van der Waals surface area contributed by atoms with Crippen molar-refractivity contribution in [1.29, 1.82) is 0 Å². The fourth-order valence-corrected chi connectivity index (χ4v) is 2.58. The minimum Gasteiger partial charge on any atom is -0.276 e. The molecule has 1 aromatic carbocycles. The van der Waals surface area contributed by atoms with Gasteiger partial charge in [0.15, 0.2) is 0 Å². The normalized spacial score (nSPS) is 11.5. The highest BCUT2D eigenvalue weighted by molar-refractivity contribution is 7.92. The molecule has 5 nitrogen and oxygen atoms in total. The van der Waals surface area contributed by atoms with E-state index in [1.54, 1.807) is 0 Å². The van der Waals surface area contributed by atoms with E-state index in [0.717, 1.165) is 12.1 Å². The number of nitrogens with one attached hydrogen (secondary N) is 1. The van der Waals surface area contributed by atoms with E-state index in [4.69, 9.17) is 0 Å². The molecule has 1 N–H and O–H groups in total. The van der Waals surface area contributed by atoms with Crippen LogP contribution in [0.5, 0.6) is 0 Å². The van der Waals surface area contributed by atoms with E-state index in [2.05, 4.69) is 9.82 Å². The molecular weight excluding hydrogens is 276 g/mol. The topological polar surface area (TPSA) is 64.0 Å². The monoisotopic (exact) mass is 287 g/mol. The number of rotatable bonds is 4. The van der Waals surface area contributed by atoms with E-state index in [1.807, 2.05) is 6.92 Å². The Kier molecular flexibility index (Phi) is 3.52. The molecule has 0 saturated carbocycles. The van der Waals surface area contributed by atoms with Gasteiger partial charge in [-0.15, -0.1) is 0 Å². The first kappa shape index (κ1) is 13.5. The molecule has 0 bridgehead atoms. The van der Waals surface area contributed by atoms with Gasteiger partial charge in [0.1, 0.15) is 16.5 Å². The molecule has 1 aromatic heterocycles. The SMILES string of the molecule is CCn1cc(NS(=O)(=O)c2ccc(F)cc2F)cn1. The average Bonchev–Trinajstić information content (AvgIpc) is 2.75. The van der Waals surface area contributed by atoms with Gasteiger partial charge < -0.3 is 0 Å². The lowest BCUT2D eigenvalue weighted by atomic mass is 10.3. The minimum atomic E-state index is -4.10. The van der Waals surface area contributed by atoms with Crippen LogP contribution in [0.25, 0.3) is 0 Å². The largest absolute Gasteiger partial charge is 0.276 e. The maximum absolute atomic E-state index is 13.4. The molecular formula is C11H11F2N3O2S. The molecule has 1 heterocycles. The van der Waals surface area contributed by atoms with E-state index in [0.29, 0.717) is 12.6 Å². The molecule has 19 heavy (non-hydrogen) atoms. The van der Waals surface area contributed by atoms with Crippen molar-refractivity contribution in [3.63, 3.8) is 0 Å². The maximum atomic E-state index is 13.4. The summed E-state index contributed by atoms with van der Waals surface area (Å²) in [5.74, 6) is -1.98. The van der Waals surface area contributed by atoms with Crippen LogP contribution in [0.1, 0.15) is 6.92 Å². The van der Waals surface area contributed by atoms with Crippen LogP contribution in [0.15, 0.2) is 35.5 Å². The van der Waals surface area contributed by atoms with Crippen molar-refractivity contribution in [3.05, 3.63) is 42.2 Å². The lowest BCUT2D eigenvalue weighted by molar-refractivity contribution is 0.551. The molecule has 0 amide bonds. The Morgan fingerprint density at radius 3 is 2.68 bits per heavy atom. The summed E-state index contributed by atoms with van der Waals surface area (Å²) >= 11 is 0. The summed E-state index contributed by atoms with van der Waals surface area (Å²) in [6, 6.07) is 2.27. The number of aromatic nitrogens is 2. The van der Waals surface area contributed by atoms with Crippen LogP contribution >= 0.6 is 0 Å². The van der Waals surface area contributed by atoms with Crippen LogP contribution in [0.3, 0.4) is 0 Å². The maximum Gasteiger partial charge on any atom is 0.264 e. The van der Waals surface area contributed by atoms with Gasteiger partial charge in [0.25, 0.3) is 10.0 Å². The summed E-state index contributed by atoms with van der Waals surface area (Å²) in [5.41, 5.74) is 0.213. The van der Waals surface area contributed by atoms with Crippen molar-refractivity contribution in [2.75, 3.05) is 4.72 Å². The van der Waals surface area contributed by atoms with Crippen LogP contribution in [0.4, 0.5) is 14.5 Å². The Hall–Kier alpha value is -1.96. The molecule has 0 spiro atoms. The molecule has 2 rings (SSSR count). The van der Waals surface area contributed by atoms with E-state index in [-0.39, 0.29) is 5.69 Å². The van der Waals surface area contributed by atoms with E-state index in [9.17, 15) is 17.2 Å². The second-order valence-corrected chi connectivity index (χ2v) is 5.42. The van der Waals surface area contributed by atoms with Crippen molar-refractivity contribution >= 4 is 15.7 Å².